The summed E-state index contributed by atoms with van der Waals surface area (Å²) in [5.41, 5.74) is 2.88. The van der Waals surface area contributed by atoms with E-state index < -0.39 is 5.60 Å². The minimum Gasteiger partial charge on any atom is -0.389 e. The van der Waals surface area contributed by atoms with Gasteiger partial charge in [-0.05, 0) is 35.6 Å². The van der Waals surface area contributed by atoms with Crippen LogP contribution in [0.2, 0.25) is 5.02 Å². The van der Waals surface area contributed by atoms with Crippen LogP contribution >= 0.6 is 11.6 Å². The second-order valence-electron chi connectivity index (χ2n) is 5.31. The van der Waals surface area contributed by atoms with E-state index in [1.54, 1.807) is 12.4 Å². The van der Waals surface area contributed by atoms with Gasteiger partial charge in [0.05, 0.1) is 10.6 Å². The molecule has 3 heteroatoms. The van der Waals surface area contributed by atoms with E-state index in [0.29, 0.717) is 17.9 Å². The molecule has 2 nitrogen and oxygen atoms in total. The normalized spacial score (nSPS) is 22.0. The molecule has 19 heavy (non-hydrogen) atoms. The standard InChI is InChI=1S/C16H16ClNO/c17-15-11-18-8-6-14(15)10-16(19)7-5-12-3-1-2-4-13(12)9-16/h1-4,6,8,11,19H,5,7,9-10H2. The third-order valence-electron chi connectivity index (χ3n) is 3.87. The molecule has 1 heterocycles. The fourth-order valence-corrected chi connectivity index (χ4v) is 3.02. The van der Waals surface area contributed by atoms with E-state index in [1.165, 1.54) is 11.1 Å². The zero-order valence-electron chi connectivity index (χ0n) is 10.6. The van der Waals surface area contributed by atoms with Crippen molar-refractivity contribution in [1.29, 1.82) is 0 Å². The Morgan fingerprint density at radius 2 is 2.00 bits per heavy atom. The predicted octanol–water partition coefficient (Wildman–Crippen LogP) is 3.20. The monoisotopic (exact) mass is 273 g/mol. The van der Waals surface area contributed by atoms with Crippen molar-refractivity contribution in [3.05, 3.63) is 64.4 Å². The Labute approximate surface area is 118 Å². The molecule has 0 amide bonds. The lowest BCUT2D eigenvalue weighted by atomic mass is 9.77. The van der Waals surface area contributed by atoms with Gasteiger partial charge in [0.2, 0.25) is 0 Å². The molecule has 3 rings (SSSR count). The number of hydrogen-bond donors (Lipinski definition) is 1. The maximum absolute atomic E-state index is 10.8. The number of halogens is 1. The van der Waals surface area contributed by atoms with Crippen LogP contribution in [0.5, 0.6) is 0 Å². The summed E-state index contributed by atoms with van der Waals surface area (Å²) in [6.07, 6.45) is 6.35. The molecule has 1 N–H and O–H groups in total. The summed E-state index contributed by atoms with van der Waals surface area (Å²) in [6.45, 7) is 0. The van der Waals surface area contributed by atoms with Gasteiger partial charge in [0.15, 0.2) is 0 Å². The molecule has 1 unspecified atom stereocenters. The Kier molecular flexibility index (Phi) is 3.29. The average Bonchev–Trinajstić information content (AvgIpc) is 2.41. The summed E-state index contributed by atoms with van der Waals surface area (Å²) in [6, 6.07) is 10.2. The molecule has 1 aliphatic rings. The highest BCUT2D eigenvalue weighted by atomic mass is 35.5. The molecule has 0 saturated heterocycles. The Balaban J connectivity index is 1.84. The van der Waals surface area contributed by atoms with Crippen LogP contribution < -0.4 is 0 Å². The molecule has 98 valence electrons. The summed E-state index contributed by atoms with van der Waals surface area (Å²) in [5, 5.41) is 11.5. The van der Waals surface area contributed by atoms with Gasteiger partial charge in [-0.1, -0.05) is 35.9 Å². The number of aromatic nitrogens is 1. The molecule has 0 radical (unpaired) electrons. The van der Waals surface area contributed by atoms with Crippen molar-refractivity contribution >= 4 is 11.6 Å². The van der Waals surface area contributed by atoms with Crippen LogP contribution in [0.3, 0.4) is 0 Å². The van der Waals surface area contributed by atoms with E-state index in [2.05, 4.69) is 23.2 Å². The van der Waals surface area contributed by atoms with E-state index in [9.17, 15) is 5.11 Å². The van der Waals surface area contributed by atoms with Crippen LogP contribution in [0.1, 0.15) is 23.1 Å². The molecule has 1 atom stereocenters. The fourth-order valence-electron chi connectivity index (χ4n) is 2.84. The van der Waals surface area contributed by atoms with Crippen LogP contribution in [0, 0.1) is 0 Å². The number of fused-ring (bicyclic) bond motifs is 1. The zero-order chi connectivity index (χ0) is 13.3. The zero-order valence-corrected chi connectivity index (χ0v) is 11.4. The number of pyridine rings is 1. The number of rotatable bonds is 2. The summed E-state index contributed by atoms with van der Waals surface area (Å²) in [4.78, 5) is 3.98. The summed E-state index contributed by atoms with van der Waals surface area (Å²) in [5.74, 6) is 0. The van der Waals surface area contributed by atoms with Crippen LogP contribution in [-0.4, -0.2) is 15.7 Å². The lowest BCUT2D eigenvalue weighted by Gasteiger charge is -2.34. The van der Waals surface area contributed by atoms with Gasteiger partial charge < -0.3 is 5.11 Å². The SMILES string of the molecule is OC1(Cc2ccncc2Cl)CCc2ccccc2C1. The molecule has 1 aliphatic carbocycles. The van der Waals surface area contributed by atoms with E-state index in [4.69, 9.17) is 11.6 Å². The number of aliphatic hydroxyl groups is 1. The minimum absolute atomic E-state index is 0.586. The molecule has 0 spiro atoms. The summed E-state index contributed by atoms with van der Waals surface area (Å²) in [7, 11) is 0. The van der Waals surface area contributed by atoms with Crippen molar-refractivity contribution in [3.8, 4) is 0 Å². The molecule has 0 aliphatic heterocycles. The number of benzene rings is 1. The molecule has 0 fully saturated rings. The molecule has 0 bridgehead atoms. The first-order valence-electron chi connectivity index (χ1n) is 6.54. The van der Waals surface area contributed by atoms with E-state index in [0.717, 1.165) is 18.4 Å². The second kappa shape index (κ2) is 4.95. The van der Waals surface area contributed by atoms with Gasteiger partial charge in [-0.2, -0.15) is 0 Å². The lowest BCUT2D eigenvalue weighted by Crippen LogP contribution is -2.38. The Morgan fingerprint density at radius 3 is 2.79 bits per heavy atom. The van der Waals surface area contributed by atoms with Gasteiger partial charge in [-0.3, -0.25) is 4.98 Å². The van der Waals surface area contributed by atoms with Gasteiger partial charge in [0.25, 0.3) is 0 Å². The quantitative estimate of drug-likeness (QED) is 0.912. The first kappa shape index (κ1) is 12.6. The van der Waals surface area contributed by atoms with Crippen LogP contribution in [0.15, 0.2) is 42.7 Å². The maximum atomic E-state index is 10.8. The minimum atomic E-state index is -0.695. The topological polar surface area (TPSA) is 33.1 Å². The third kappa shape index (κ3) is 2.65. The highest BCUT2D eigenvalue weighted by Crippen LogP contribution is 2.32. The van der Waals surface area contributed by atoms with Crippen LogP contribution in [0.25, 0.3) is 0 Å². The van der Waals surface area contributed by atoms with Crippen LogP contribution in [0.4, 0.5) is 0 Å². The summed E-state index contributed by atoms with van der Waals surface area (Å²) < 4.78 is 0. The smallest absolute Gasteiger partial charge is 0.0731 e. The molecule has 0 saturated carbocycles. The third-order valence-corrected chi connectivity index (χ3v) is 4.21. The Bertz CT molecular complexity index is 599. The Morgan fingerprint density at radius 1 is 1.21 bits per heavy atom. The molecular formula is C16H16ClNO. The Hall–Kier alpha value is -1.38. The van der Waals surface area contributed by atoms with Gasteiger partial charge in [-0.25, -0.2) is 0 Å². The first-order chi connectivity index (χ1) is 9.16. The average molecular weight is 274 g/mol. The van der Waals surface area contributed by atoms with Crippen molar-refractivity contribution in [2.24, 2.45) is 0 Å². The molecule has 1 aromatic carbocycles. The van der Waals surface area contributed by atoms with Crippen molar-refractivity contribution < 1.29 is 5.11 Å². The van der Waals surface area contributed by atoms with Gasteiger partial charge in [0, 0.05) is 25.2 Å². The number of aryl methyl sites for hydroxylation is 1. The number of nitrogens with zero attached hydrogens (tertiary/aromatic N) is 1. The van der Waals surface area contributed by atoms with Crippen LogP contribution in [-0.2, 0) is 19.3 Å². The van der Waals surface area contributed by atoms with E-state index in [1.807, 2.05) is 12.1 Å². The second-order valence-corrected chi connectivity index (χ2v) is 5.72. The van der Waals surface area contributed by atoms with Crippen molar-refractivity contribution in [3.63, 3.8) is 0 Å². The highest BCUT2D eigenvalue weighted by Gasteiger charge is 2.32. The molecular weight excluding hydrogens is 258 g/mol. The van der Waals surface area contributed by atoms with E-state index in [-0.39, 0.29) is 0 Å². The predicted molar refractivity (Wildman–Crippen MR) is 76.4 cm³/mol. The van der Waals surface area contributed by atoms with Crippen molar-refractivity contribution in [1.82, 2.24) is 4.98 Å². The highest BCUT2D eigenvalue weighted by molar-refractivity contribution is 6.31. The van der Waals surface area contributed by atoms with Gasteiger partial charge in [-0.15, -0.1) is 0 Å². The first-order valence-corrected chi connectivity index (χ1v) is 6.92. The molecule has 2 aromatic rings. The lowest BCUT2D eigenvalue weighted by molar-refractivity contribution is 0.0267. The van der Waals surface area contributed by atoms with Gasteiger partial charge >= 0.3 is 0 Å². The maximum Gasteiger partial charge on any atom is 0.0731 e. The van der Waals surface area contributed by atoms with E-state index >= 15 is 0 Å². The van der Waals surface area contributed by atoms with Gasteiger partial charge in [0.1, 0.15) is 0 Å². The van der Waals surface area contributed by atoms with Crippen molar-refractivity contribution in [2.75, 3.05) is 0 Å². The fraction of sp³-hybridized carbons (Fsp3) is 0.312. The largest absolute Gasteiger partial charge is 0.389 e. The summed E-state index contributed by atoms with van der Waals surface area (Å²) >= 11 is 6.13. The number of hydrogen-bond acceptors (Lipinski definition) is 2. The molecule has 1 aromatic heterocycles. The van der Waals surface area contributed by atoms with Crippen molar-refractivity contribution in [2.45, 2.75) is 31.3 Å².